The van der Waals surface area contributed by atoms with Crippen LogP contribution >= 0.6 is 11.6 Å². The van der Waals surface area contributed by atoms with E-state index in [4.69, 9.17) is 26.6 Å². The lowest BCUT2D eigenvalue weighted by molar-refractivity contribution is -0.199. The monoisotopic (exact) mass is 508 g/mol. The number of aliphatic hydroxyl groups excluding tert-OH is 1. The van der Waals surface area contributed by atoms with E-state index in [2.05, 4.69) is 38.7 Å². The van der Waals surface area contributed by atoms with Crippen LogP contribution in [-0.2, 0) is 6.54 Å². The van der Waals surface area contributed by atoms with E-state index < -0.39 is 0 Å². The predicted molar refractivity (Wildman–Crippen MR) is 138 cm³/mol. The van der Waals surface area contributed by atoms with Gasteiger partial charge >= 0.3 is 0 Å². The molecule has 0 spiro atoms. The van der Waals surface area contributed by atoms with Crippen LogP contribution < -0.4 is 9.64 Å². The van der Waals surface area contributed by atoms with Gasteiger partial charge in [0, 0.05) is 42.6 Å². The van der Waals surface area contributed by atoms with Gasteiger partial charge in [0.15, 0.2) is 0 Å². The molecule has 1 saturated heterocycles. The van der Waals surface area contributed by atoms with Crippen molar-refractivity contribution in [2.45, 2.75) is 59.2 Å². The lowest BCUT2D eigenvalue weighted by atomic mass is 9.49. The molecule has 2 aliphatic heterocycles. The molecule has 8 heteroatoms. The third-order valence-electron chi connectivity index (χ3n) is 8.36. The molecule has 1 amide bonds. The van der Waals surface area contributed by atoms with Crippen LogP contribution in [0.15, 0.2) is 30.3 Å². The zero-order valence-corrected chi connectivity index (χ0v) is 22.0. The molecule has 2 fully saturated rings. The van der Waals surface area contributed by atoms with Gasteiger partial charge in [0.05, 0.1) is 28.4 Å². The molecule has 1 aliphatic carbocycles. The highest BCUT2D eigenvalue weighted by Gasteiger charge is 2.67. The fourth-order valence-electron chi connectivity index (χ4n) is 6.93. The number of nitrogens with zero attached hydrogens (tertiary/aromatic N) is 4. The summed E-state index contributed by atoms with van der Waals surface area (Å²) < 4.78 is 6.41. The van der Waals surface area contributed by atoms with Crippen molar-refractivity contribution in [3.05, 3.63) is 52.2 Å². The Morgan fingerprint density at radius 3 is 2.47 bits per heavy atom. The molecule has 0 unspecified atom stereocenters. The molecule has 1 aromatic carbocycles. The van der Waals surface area contributed by atoms with Gasteiger partial charge in [0.1, 0.15) is 23.7 Å². The van der Waals surface area contributed by atoms with Crippen LogP contribution in [0.5, 0.6) is 5.75 Å². The Bertz CT molecular complexity index is 1210. The third-order valence-corrected chi connectivity index (χ3v) is 8.67. The van der Waals surface area contributed by atoms with Crippen molar-refractivity contribution in [1.82, 2.24) is 9.88 Å². The van der Waals surface area contributed by atoms with Crippen molar-refractivity contribution in [2.24, 2.45) is 16.7 Å². The Morgan fingerprint density at radius 2 is 1.86 bits per heavy atom. The quantitative estimate of drug-likeness (QED) is 0.632. The first-order valence-electron chi connectivity index (χ1n) is 12.6. The molecular formula is C28H33ClN4O3. The maximum atomic E-state index is 13.5. The minimum absolute atomic E-state index is 0.0223. The van der Waals surface area contributed by atoms with Crippen LogP contribution in [0.1, 0.15) is 62.2 Å². The number of benzene rings is 1. The van der Waals surface area contributed by atoms with E-state index in [0.717, 1.165) is 37.4 Å². The van der Waals surface area contributed by atoms with E-state index in [1.54, 1.807) is 18.2 Å². The minimum Gasteiger partial charge on any atom is -0.489 e. The molecule has 3 aliphatic rings. The van der Waals surface area contributed by atoms with Gasteiger partial charge in [-0.15, -0.1) is 0 Å². The molecule has 5 rings (SSSR count). The number of carbonyl (C=O) groups is 1. The van der Waals surface area contributed by atoms with Gasteiger partial charge in [-0.05, 0) is 43.0 Å². The van der Waals surface area contributed by atoms with Crippen LogP contribution in [0.2, 0.25) is 5.02 Å². The number of nitriles is 1. The zero-order chi connectivity index (χ0) is 25.8. The average Bonchev–Trinajstić information content (AvgIpc) is 3.16. The van der Waals surface area contributed by atoms with Crippen LogP contribution in [-0.4, -0.2) is 52.7 Å². The van der Waals surface area contributed by atoms with Gasteiger partial charge in [-0.2, -0.15) is 5.26 Å². The number of halogens is 1. The maximum absolute atomic E-state index is 13.5. The maximum Gasteiger partial charge on any atom is 0.256 e. The number of anilines is 1. The number of pyridine rings is 1. The average molecular weight is 509 g/mol. The Labute approximate surface area is 217 Å². The first-order valence-corrected chi connectivity index (χ1v) is 13.0. The number of fused-ring (bicyclic) bond motifs is 1. The van der Waals surface area contributed by atoms with E-state index in [-0.39, 0.29) is 35.5 Å². The van der Waals surface area contributed by atoms with Gasteiger partial charge in [0.25, 0.3) is 5.91 Å². The SMILES string of the molecule is CC1(C)[C@H](Oc2ccc(C#N)c(Cl)c2)C(C)(C)[C@H]1N1Cc2nc(N3CCC(CO)CC3)ccc2C1=O. The molecule has 0 bridgehead atoms. The number of aliphatic hydroxyl groups is 1. The van der Waals surface area contributed by atoms with Gasteiger partial charge in [-0.3, -0.25) is 4.79 Å². The fraction of sp³-hybridized carbons (Fsp3) is 0.536. The standard InChI is InChI=1S/C28H33ClN4O3/c1-27(2)25(28(3,4)26(27)36-19-6-5-18(14-30)21(29)13-19)33-15-22-20(24(33)35)7-8-23(31-22)32-11-9-17(16-34)10-12-32/h5-8,13,17,25-26,34H,9-12,15-16H2,1-4H3/t25-,26-. The second-order valence-electron chi connectivity index (χ2n) is 11.5. The van der Waals surface area contributed by atoms with Crippen LogP contribution in [0, 0.1) is 28.1 Å². The topological polar surface area (TPSA) is 89.7 Å². The molecule has 36 heavy (non-hydrogen) atoms. The summed E-state index contributed by atoms with van der Waals surface area (Å²) in [6.45, 7) is 11.0. The summed E-state index contributed by atoms with van der Waals surface area (Å²) in [5.41, 5.74) is 1.31. The number of hydrogen-bond donors (Lipinski definition) is 1. The summed E-state index contributed by atoms with van der Waals surface area (Å²) in [5.74, 6) is 1.92. The van der Waals surface area contributed by atoms with E-state index in [9.17, 15) is 9.90 Å². The lowest BCUT2D eigenvalue weighted by Crippen LogP contribution is -2.74. The Balaban J connectivity index is 1.33. The van der Waals surface area contributed by atoms with E-state index >= 15 is 0 Å². The first-order chi connectivity index (χ1) is 17.1. The molecule has 0 atom stereocenters. The fourth-order valence-corrected chi connectivity index (χ4v) is 7.15. The number of aromatic nitrogens is 1. The predicted octanol–water partition coefficient (Wildman–Crippen LogP) is 4.65. The highest BCUT2D eigenvalue weighted by atomic mass is 35.5. The van der Waals surface area contributed by atoms with Crippen molar-refractivity contribution < 1.29 is 14.6 Å². The van der Waals surface area contributed by atoms with Crippen molar-refractivity contribution in [3.63, 3.8) is 0 Å². The van der Waals surface area contributed by atoms with Gasteiger partial charge in [-0.1, -0.05) is 39.3 Å². The molecule has 0 radical (unpaired) electrons. The molecule has 1 aromatic heterocycles. The number of ether oxygens (including phenoxy) is 1. The smallest absolute Gasteiger partial charge is 0.256 e. The second kappa shape index (κ2) is 8.93. The third kappa shape index (κ3) is 3.91. The summed E-state index contributed by atoms with van der Waals surface area (Å²) in [5, 5.41) is 19.0. The Kier molecular flexibility index (Phi) is 6.17. The number of carbonyl (C=O) groups excluding carboxylic acids is 1. The summed E-state index contributed by atoms with van der Waals surface area (Å²) in [6, 6.07) is 11.0. The van der Waals surface area contributed by atoms with Crippen molar-refractivity contribution in [1.29, 1.82) is 5.26 Å². The van der Waals surface area contributed by atoms with Crippen molar-refractivity contribution in [2.75, 3.05) is 24.6 Å². The largest absolute Gasteiger partial charge is 0.489 e. The summed E-state index contributed by atoms with van der Waals surface area (Å²) in [6.07, 6.45) is 1.76. The second-order valence-corrected chi connectivity index (χ2v) is 11.9. The van der Waals surface area contributed by atoms with Crippen LogP contribution in [0.4, 0.5) is 5.82 Å². The normalized spacial score (nSPS) is 24.8. The summed E-state index contributed by atoms with van der Waals surface area (Å²) in [4.78, 5) is 22.6. The first kappa shape index (κ1) is 24.9. The lowest BCUT2D eigenvalue weighted by Gasteiger charge is -2.65. The summed E-state index contributed by atoms with van der Waals surface area (Å²) in [7, 11) is 0. The molecule has 1 saturated carbocycles. The molecular weight excluding hydrogens is 476 g/mol. The van der Waals surface area contributed by atoms with Crippen molar-refractivity contribution >= 4 is 23.3 Å². The van der Waals surface area contributed by atoms with Gasteiger partial charge < -0.3 is 19.6 Å². The van der Waals surface area contributed by atoms with E-state index in [1.807, 2.05) is 17.0 Å². The molecule has 3 heterocycles. The van der Waals surface area contributed by atoms with Gasteiger partial charge in [0.2, 0.25) is 0 Å². The molecule has 7 nitrogen and oxygen atoms in total. The van der Waals surface area contributed by atoms with Crippen LogP contribution in [0.3, 0.4) is 0 Å². The van der Waals surface area contributed by atoms with Crippen LogP contribution in [0.25, 0.3) is 0 Å². The number of piperidine rings is 1. The highest BCUT2D eigenvalue weighted by Crippen LogP contribution is 2.59. The Morgan fingerprint density at radius 1 is 1.17 bits per heavy atom. The van der Waals surface area contributed by atoms with Gasteiger partial charge in [-0.25, -0.2) is 4.98 Å². The zero-order valence-electron chi connectivity index (χ0n) is 21.3. The highest BCUT2D eigenvalue weighted by molar-refractivity contribution is 6.31. The Hall–Kier alpha value is -2.82. The van der Waals surface area contributed by atoms with Crippen molar-refractivity contribution in [3.8, 4) is 11.8 Å². The molecule has 1 N–H and O–H groups in total. The molecule has 190 valence electrons. The molecule has 2 aromatic rings. The number of rotatable bonds is 5. The number of hydrogen-bond acceptors (Lipinski definition) is 6. The van der Waals surface area contributed by atoms with E-state index in [0.29, 0.717) is 34.4 Å². The van der Waals surface area contributed by atoms with E-state index in [1.165, 1.54) is 0 Å². The number of amides is 1. The minimum atomic E-state index is -0.309. The summed E-state index contributed by atoms with van der Waals surface area (Å²) >= 11 is 6.23.